The van der Waals surface area contributed by atoms with E-state index in [0.29, 0.717) is 12.2 Å². The van der Waals surface area contributed by atoms with Gasteiger partial charge < -0.3 is 0 Å². The largest absolute Gasteiger partial charge is 0.299 e. The molecule has 1 nitrogen and oxygen atoms in total. The van der Waals surface area contributed by atoms with Crippen LogP contribution in [0.4, 0.5) is 0 Å². The minimum Gasteiger partial charge on any atom is -0.299 e. The number of Topliss-reactive ketones (excluding diaryl/α,β-unsaturated/α-hetero) is 1. The summed E-state index contributed by atoms with van der Waals surface area (Å²) in [6, 6.07) is 18.5. The van der Waals surface area contributed by atoms with Crippen LogP contribution in [0, 0.1) is 0 Å². The lowest BCUT2D eigenvalue weighted by Gasteiger charge is -2.16. The summed E-state index contributed by atoms with van der Waals surface area (Å²) >= 11 is 0. The number of fused-ring (bicyclic) bond motifs is 1. The van der Waals surface area contributed by atoms with Crippen molar-refractivity contribution in [3.05, 3.63) is 71.3 Å². The van der Waals surface area contributed by atoms with Crippen molar-refractivity contribution in [1.82, 2.24) is 0 Å². The molecular weight excluding hydrogens is 220 g/mol. The third-order valence-electron chi connectivity index (χ3n) is 3.69. The summed E-state index contributed by atoms with van der Waals surface area (Å²) in [5.74, 6) is 0.288. The van der Waals surface area contributed by atoms with Crippen molar-refractivity contribution in [2.75, 3.05) is 0 Å². The highest BCUT2D eigenvalue weighted by molar-refractivity contribution is 5.90. The Labute approximate surface area is 107 Å². The maximum Gasteiger partial charge on any atom is 0.144 e. The number of carbonyl (C=O) groups is 1. The molecule has 18 heavy (non-hydrogen) atoms. The van der Waals surface area contributed by atoms with Gasteiger partial charge in [-0.1, -0.05) is 54.6 Å². The second-order valence-electron chi connectivity index (χ2n) is 4.86. The number of rotatable bonds is 1. The number of benzene rings is 2. The van der Waals surface area contributed by atoms with E-state index in [9.17, 15) is 4.79 Å². The molecule has 0 saturated heterocycles. The van der Waals surface area contributed by atoms with Crippen LogP contribution in [0.5, 0.6) is 0 Å². The molecule has 1 unspecified atom stereocenters. The van der Waals surface area contributed by atoms with Gasteiger partial charge in [-0.3, -0.25) is 4.79 Å². The van der Waals surface area contributed by atoms with Crippen molar-refractivity contribution in [2.45, 2.75) is 25.2 Å². The zero-order chi connectivity index (χ0) is 12.4. The van der Waals surface area contributed by atoms with E-state index in [1.165, 1.54) is 11.1 Å². The van der Waals surface area contributed by atoms with Crippen LogP contribution in [0.2, 0.25) is 0 Å². The van der Waals surface area contributed by atoms with Crippen LogP contribution in [0.15, 0.2) is 54.6 Å². The summed E-state index contributed by atoms with van der Waals surface area (Å²) in [6.45, 7) is 0. The Kier molecular flexibility index (Phi) is 2.97. The van der Waals surface area contributed by atoms with E-state index in [1.54, 1.807) is 0 Å². The Morgan fingerprint density at radius 1 is 0.833 bits per heavy atom. The third kappa shape index (κ3) is 1.97. The van der Waals surface area contributed by atoms with Gasteiger partial charge in [-0.25, -0.2) is 0 Å². The van der Waals surface area contributed by atoms with Gasteiger partial charge in [-0.2, -0.15) is 0 Å². The molecular formula is C17H16O. The van der Waals surface area contributed by atoms with Gasteiger partial charge in [-0.15, -0.1) is 0 Å². The fourth-order valence-corrected chi connectivity index (χ4v) is 2.83. The van der Waals surface area contributed by atoms with Crippen molar-refractivity contribution in [3.8, 4) is 0 Å². The van der Waals surface area contributed by atoms with Crippen LogP contribution in [0.1, 0.15) is 35.4 Å². The molecule has 0 heterocycles. The highest BCUT2D eigenvalue weighted by Gasteiger charge is 2.26. The lowest BCUT2D eigenvalue weighted by Crippen LogP contribution is -2.12. The van der Waals surface area contributed by atoms with Crippen molar-refractivity contribution < 1.29 is 4.79 Å². The average Bonchev–Trinajstić information content (AvgIpc) is 2.58. The Morgan fingerprint density at radius 2 is 1.56 bits per heavy atom. The fourth-order valence-electron chi connectivity index (χ4n) is 2.83. The molecule has 1 heteroatoms. The van der Waals surface area contributed by atoms with E-state index in [-0.39, 0.29) is 5.92 Å². The first-order valence-corrected chi connectivity index (χ1v) is 6.52. The van der Waals surface area contributed by atoms with Gasteiger partial charge in [-0.05, 0) is 29.5 Å². The van der Waals surface area contributed by atoms with E-state index < -0.39 is 0 Å². The third-order valence-corrected chi connectivity index (χ3v) is 3.69. The van der Waals surface area contributed by atoms with Crippen LogP contribution in [-0.4, -0.2) is 5.78 Å². The number of ketones is 1. The van der Waals surface area contributed by atoms with Gasteiger partial charge in [0.05, 0.1) is 5.92 Å². The lowest BCUT2D eigenvalue weighted by molar-refractivity contribution is -0.119. The molecule has 0 radical (unpaired) electrons. The summed E-state index contributed by atoms with van der Waals surface area (Å²) in [7, 11) is 0. The lowest BCUT2D eigenvalue weighted by atomic mass is 9.86. The molecule has 0 saturated carbocycles. The fraction of sp³-hybridized carbons (Fsp3) is 0.235. The van der Waals surface area contributed by atoms with Gasteiger partial charge in [0, 0.05) is 6.42 Å². The van der Waals surface area contributed by atoms with E-state index >= 15 is 0 Å². The molecule has 0 bridgehead atoms. The molecule has 1 atom stereocenters. The van der Waals surface area contributed by atoms with Crippen LogP contribution in [0.25, 0.3) is 0 Å². The Bertz CT molecular complexity index is 557. The average molecular weight is 236 g/mol. The number of aryl methyl sites for hydroxylation is 1. The van der Waals surface area contributed by atoms with Crippen molar-refractivity contribution >= 4 is 5.78 Å². The van der Waals surface area contributed by atoms with Crippen LogP contribution < -0.4 is 0 Å². The zero-order valence-electron chi connectivity index (χ0n) is 10.3. The summed E-state index contributed by atoms with van der Waals surface area (Å²) in [5, 5.41) is 0. The first-order valence-electron chi connectivity index (χ1n) is 6.52. The molecule has 3 rings (SSSR count). The molecule has 0 aromatic heterocycles. The highest BCUT2D eigenvalue weighted by atomic mass is 16.1. The second-order valence-corrected chi connectivity index (χ2v) is 4.86. The summed E-state index contributed by atoms with van der Waals surface area (Å²) in [6.07, 6.45) is 2.68. The minimum atomic E-state index is -0.0649. The smallest absolute Gasteiger partial charge is 0.144 e. The predicted octanol–water partition coefficient (Wildman–Crippen LogP) is 3.72. The van der Waals surface area contributed by atoms with Crippen LogP contribution in [0.3, 0.4) is 0 Å². The van der Waals surface area contributed by atoms with Gasteiger partial charge in [0.1, 0.15) is 5.78 Å². The Morgan fingerprint density at radius 3 is 2.39 bits per heavy atom. The van der Waals surface area contributed by atoms with Crippen LogP contribution >= 0.6 is 0 Å². The van der Waals surface area contributed by atoms with E-state index in [0.717, 1.165) is 18.4 Å². The molecule has 1 aliphatic rings. The van der Waals surface area contributed by atoms with E-state index in [2.05, 4.69) is 30.3 Å². The predicted molar refractivity (Wildman–Crippen MR) is 72.7 cm³/mol. The zero-order valence-corrected chi connectivity index (χ0v) is 10.3. The molecule has 90 valence electrons. The molecule has 2 aromatic rings. The molecule has 1 aliphatic carbocycles. The maximum absolute atomic E-state index is 12.4. The van der Waals surface area contributed by atoms with Crippen molar-refractivity contribution in [2.24, 2.45) is 0 Å². The summed E-state index contributed by atoms with van der Waals surface area (Å²) in [4.78, 5) is 12.4. The van der Waals surface area contributed by atoms with E-state index in [1.807, 2.05) is 24.3 Å². The number of carbonyl (C=O) groups excluding carboxylic acids is 1. The quantitative estimate of drug-likeness (QED) is 0.690. The summed E-state index contributed by atoms with van der Waals surface area (Å²) in [5.41, 5.74) is 3.65. The number of hydrogen-bond donors (Lipinski definition) is 0. The van der Waals surface area contributed by atoms with Crippen molar-refractivity contribution in [1.29, 1.82) is 0 Å². The normalized spacial score (nSPS) is 19.1. The Hall–Kier alpha value is -1.89. The monoisotopic (exact) mass is 236 g/mol. The van der Waals surface area contributed by atoms with Gasteiger partial charge in [0.25, 0.3) is 0 Å². The van der Waals surface area contributed by atoms with Gasteiger partial charge in [0.2, 0.25) is 0 Å². The SMILES string of the molecule is O=C1CCCc2ccccc2C1c1ccccc1. The first-order chi connectivity index (χ1) is 8.86. The second kappa shape index (κ2) is 4.77. The highest BCUT2D eigenvalue weighted by Crippen LogP contribution is 2.33. The molecule has 0 N–H and O–H groups in total. The molecule has 0 amide bonds. The maximum atomic E-state index is 12.4. The van der Waals surface area contributed by atoms with Crippen LogP contribution in [-0.2, 0) is 11.2 Å². The molecule has 0 aliphatic heterocycles. The van der Waals surface area contributed by atoms with Gasteiger partial charge >= 0.3 is 0 Å². The molecule has 0 fully saturated rings. The topological polar surface area (TPSA) is 17.1 Å². The number of hydrogen-bond acceptors (Lipinski definition) is 1. The summed E-state index contributed by atoms with van der Waals surface area (Å²) < 4.78 is 0. The van der Waals surface area contributed by atoms with Crippen molar-refractivity contribution in [3.63, 3.8) is 0 Å². The standard InChI is InChI=1S/C17H16O/c18-16-12-6-10-13-7-4-5-11-15(13)17(16)14-8-2-1-3-9-14/h1-5,7-9,11,17H,6,10,12H2. The van der Waals surface area contributed by atoms with E-state index in [4.69, 9.17) is 0 Å². The Balaban J connectivity index is 2.14. The van der Waals surface area contributed by atoms with Gasteiger partial charge in [0.15, 0.2) is 0 Å². The minimum absolute atomic E-state index is 0.0649. The first kappa shape index (κ1) is 11.2. The molecule has 0 spiro atoms. The molecule has 2 aromatic carbocycles.